The number of carboxylic acids is 1. The first kappa shape index (κ1) is 12.7. The summed E-state index contributed by atoms with van der Waals surface area (Å²) in [7, 11) is 0. The van der Waals surface area contributed by atoms with Gasteiger partial charge in [-0.2, -0.15) is 0 Å². The highest BCUT2D eigenvalue weighted by molar-refractivity contribution is 5.89. The summed E-state index contributed by atoms with van der Waals surface area (Å²) < 4.78 is 0. The molecule has 1 fully saturated rings. The van der Waals surface area contributed by atoms with Crippen molar-refractivity contribution in [1.29, 1.82) is 0 Å². The molecule has 0 atom stereocenters. The van der Waals surface area contributed by atoms with E-state index in [4.69, 9.17) is 10.8 Å². The molecule has 0 unspecified atom stereocenters. The number of aromatic carboxylic acids is 1. The number of aromatic nitrogens is 1. The Kier molecular flexibility index (Phi) is 3.41. The third kappa shape index (κ3) is 2.39. The number of anilines is 2. The van der Waals surface area contributed by atoms with Crippen molar-refractivity contribution in [2.24, 2.45) is 5.41 Å². The second kappa shape index (κ2) is 4.84. The number of pyridine rings is 1. The summed E-state index contributed by atoms with van der Waals surface area (Å²) in [4.78, 5) is 14.8. The van der Waals surface area contributed by atoms with Crippen LogP contribution in [0.4, 0.5) is 11.5 Å². The molecule has 0 spiro atoms. The summed E-state index contributed by atoms with van der Waals surface area (Å²) in [6.45, 7) is 3.05. The zero-order valence-corrected chi connectivity index (χ0v) is 10.6. The number of nitrogen functional groups attached to an aromatic ring is 1. The number of rotatable bonds is 5. The van der Waals surface area contributed by atoms with Gasteiger partial charge in [0.15, 0.2) is 0 Å². The Labute approximate surface area is 106 Å². The summed E-state index contributed by atoms with van der Waals surface area (Å²) in [6, 6.07) is 1.44. The molecule has 1 aliphatic rings. The standard InChI is InChI=1S/C13H19N3O2/c1-2-13(4-3-5-13)8-16-11-10(14)6-9(7-15-11)12(17)18/h6-7H,2-5,8,14H2,1H3,(H,15,16)(H,17,18). The lowest BCUT2D eigenvalue weighted by Crippen LogP contribution is -2.36. The highest BCUT2D eigenvalue weighted by atomic mass is 16.4. The van der Waals surface area contributed by atoms with Crippen molar-refractivity contribution in [3.05, 3.63) is 17.8 Å². The summed E-state index contributed by atoms with van der Waals surface area (Å²) in [6.07, 6.45) is 6.25. The minimum Gasteiger partial charge on any atom is -0.478 e. The Morgan fingerprint density at radius 3 is 2.78 bits per heavy atom. The Morgan fingerprint density at radius 1 is 1.61 bits per heavy atom. The fourth-order valence-electron chi connectivity index (χ4n) is 2.35. The third-order valence-corrected chi connectivity index (χ3v) is 3.96. The van der Waals surface area contributed by atoms with E-state index in [1.54, 1.807) is 0 Å². The molecule has 0 aliphatic heterocycles. The average Bonchev–Trinajstić information content (AvgIpc) is 2.29. The third-order valence-electron chi connectivity index (χ3n) is 3.96. The highest BCUT2D eigenvalue weighted by Crippen LogP contribution is 2.43. The maximum absolute atomic E-state index is 10.8. The van der Waals surface area contributed by atoms with E-state index in [-0.39, 0.29) is 5.56 Å². The van der Waals surface area contributed by atoms with Crippen LogP contribution in [0.2, 0.25) is 0 Å². The van der Waals surface area contributed by atoms with Gasteiger partial charge in [-0.05, 0) is 30.7 Å². The molecule has 1 heterocycles. The van der Waals surface area contributed by atoms with E-state index < -0.39 is 5.97 Å². The molecule has 1 aromatic heterocycles. The van der Waals surface area contributed by atoms with Gasteiger partial charge in [0.1, 0.15) is 5.82 Å². The smallest absolute Gasteiger partial charge is 0.337 e. The van der Waals surface area contributed by atoms with Crippen LogP contribution in [0.5, 0.6) is 0 Å². The molecule has 5 heteroatoms. The number of carboxylic acid groups (broad SMARTS) is 1. The monoisotopic (exact) mass is 249 g/mol. The van der Waals surface area contributed by atoms with Crippen LogP contribution in [0.25, 0.3) is 0 Å². The van der Waals surface area contributed by atoms with E-state index in [2.05, 4.69) is 17.2 Å². The zero-order valence-electron chi connectivity index (χ0n) is 10.6. The van der Waals surface area contributed by atoms with E-state index in [0.717, 1.165) is 13.0 Å². The minimum atomic E-state index is -1.01. The number of nitrogens with zero attached hydrogens (tertiary/aromatic N) is 1. The molecule has 5 nitrogen and oxygen atoms in total. The largest absolute Gasteiger partial charge is 0.478 e. The van der Waals surface area contributed by atoms with Crippen LogP contribution in [0.15, 0.2) is 12.3 Å². The first-order valence-electron chi connectivity index (χ1n) is 6.29. The second-order valence-electron chi connectivity index (χ2n) is 5.03. The molecule has 4 N–H and O–H groups in total. The first-order chi connectivity index (χ1) is 8.56. The van der Waals surface area contributed by atoms with Crippen LogP contribution < -0.4 is 11.1 Å². The van der Waals surface area contributed by atoms with Crippen molar-refractivity contribution >= 4 is 17.5 Å². The Hall–Kier alpha value is -1.78. The molecule has 1 aromatic rings. The molecule has 2 rings (SSSR count). The van der Waals surface area contributed by atoms with Crippen molar-refractivity contribution in [2.45, 2.75) is 32.6 Å². The molecule has 18 heavy (non-hydrogen) atoms. The maximum atomic E-state index is 10.8. The van der Waals surface area contributed by atoms with Crippen molar-refractivity contribution in [2.75, 3.05) is 17.6 Å². The van der Waals surface area contributed by atoms with Crippen LogP contribution in [0.1, 0.15) is 43.0 Å². The van der Waals surface area contributed by atoms with Crippen molar-refractivity contribution in [3.63, 3.8) is 0 Å². The quantitative estimate of drug-likeness (QED) is 0.745. The predicted molar refractivity (Wildman–Crippen MR) is 70.7 cm³/mol. The van der Waals surface area contributed by atoms with Gasteiger partial charge < -0.3 is 16.2 Å². The van der Waals surface area contributed by atoms with Gasteiger partial charge in [-0.3, -0.25) is 0 Å². The Bertz CT molecular complexity index is 450. The second-order valence-corrected chi connectivity index (χ2v) is 5.03. The van der Waals surface area contributed by atoms with Crippen LogP contribution in [0.3, 0.4) is 0 Å². The summed E-state index contributed by atoms with van der Waals surface area (Å²) in [5.74, 6) is -0.426. The molecule has 0 amide bonds. The van der Waals surface area contributed by atoms with Crippen LogP contribution in [0, 0.1) is 5.41 Å². The lowest BCUT2D eigenvalue weighted by molar-refractivity contribution is 0.0696. The van der Waals surface area contributed by atoms with Crippen LogP contribution >= 0.6 is 0 Å². The van der Waals surface area contributed by atoms with E-state index >= 15 is 0 Å². The molecule has 0 saturated heterocycles. The topological polar surface area (TPSA) is 88.2 Å². The first-order valence-corrected chi connectivity index (χ1v) is 6.29. The lowest BCUT2D eigenvalue weighted by atomic mass is 9.67. The predicted octanol–water partition coefficient (Wildman–Crippen LogP) is 2.35. The van der Waals surface area contributed by atoms with Gasteiger partial charge in [-0.15, -0.1) is 0 Å². The van der Waals surface area contributed by atoms with Crippen molar-refractivity contribution in [1.82, 2.24) is 4.98 Å². The number of hydrogen-bond donors (Lipinski definition) is 3. The normalized spacial score (nSPS) is 16.9. The van der Waals surface area contributed by atoms with Gasteiger partial charge in [0.25, 0.3) is 0 Å². The fourth-order valence-corrected chi connectivity index (χ4v) is 2.35. The van der Waals surface area contributed by atoms with Gasteiger partial charge in [0, 0.05) is 12.7 Å². The molecular formula is C13H19N3O2. The van der Waals surface area contributed by atoms with Gasteiger partial charge in [0.2, 0.25) is 0 Å². The summed E-state index contributed by atoms with van der Waals surface area (Å²) >= 11 is 0. The Morgan fingerprint density at radius 2 is 2.33 bits per heavy atom. The number of nitrogens with two attached hydrogens (primary N) is 1. The number of nitrogens with one attached hydrogen (secondary N) is 1. The number of carbonyl (C=O) groups is 1. The molecule has 0 bridgehead atoms. The van der Waals surface area contributed by atoms with Gasteiger partial charge >= 0.3 is 5.97 Å². The minimum absolute atomic E-state index is 0.117. The van der Waals surface area contributed by atoms with Gasteiger partial charge in [-0.1, -0.05) is 13.3 Å². The van der Waals surface area contributed by atoms with Crippen LogP contribution in [-0.4, -0.2) is 22.6 Å². The molecule has 1 saturated carbocycles. The van der Waals surface area contributed by atoms with Crippen molar-refractivity contribution in [3.8, 4) is 0 Å². The lowest BCUT2D eigenvalue weighted by Gasteiger charge is -2.41. The van der Waals surface area contributed by atoms with Gasteiger partial charge in [0.05, 0.1) is 11.3 Å². The molecule has 0 aromatic carbocycles. The van der Waals surface area contributed by atoms with Crippen LogP contribution in [-0.2, 0) is 0 Å². The van der Waals surface area contributed by atoms with E-state index in [1.165, 1.54) is 31.5 Å². The van der Waals surface area contributed by atoms with E-state index in [0.29, 0.717) is 16.9 Å². The van der Waals surface area contributed by atoms with E-state index in [1.807, 2.05) is 0 Å². The number of hydrogen-bond acceptors (Lipinski definition) is 4. The molecule has 0 radical (unpaired) electrons. The Balaban J connectivity index is 2.03. The van der Waals surface area contributed by atoms with Gasteiger partial charge in [-0.25, -0.2) is 9.78 Å². The molecule has 1 aliphatic carbocycles. The molecular weight excluding hydrogens is 230 g/mol. The zero-order chi connectivity index (χ0) is 13.2. The maximum Gasteiger partial charge on any atom is 0.337 e. The summed E-state index contributed by atoms with van der Waals surface area (Å²) in [5, 5.41) is 12.1. The van der Waals surface area contributed by atoms with E-state index in [9.17, 15) is 4.79 Å². The SMILES string of the molecule is CCC1(CNc2ncc(C(=O)O)cc2N)CCC1. The molecule has 98 valence electrons. The summed E-state index contributed by atoms with van der Waals surface area (Å²) in [5.41, 5.74) is 6.68. The van der Waals surface area contributed by atoms with Crippen molar-refractivity contribution < 1.29 is 9.90 Å². The average molecular weight is 249 g/mol. The highest BCUT2D eigenvalue weighted by Gasteiger charge is 2.34. The fraction of sp³-hybridized carbons (Fsp3) is 0.538.